The molecule has 2 aromatic rings. The number of benzene rings is 1. The smallest absolute Gasteiger partial charge is 0.113 e. The van der Waals surface area contributed by atoms with E-state index in [-0.39, 0.29) is 6.04 Å². The van der Waals surface area contributed by atoms with E-state index in [9.17, 15) is 0 Å². The number of hydrogen-bond donors (Lipinski definition) is 1. The summed E-state index contributed by atoms with van der Waals surface area (Å²) in [5.74, 6) is 1.73. The summed E-state index contributed by atoms with van der Waals surface area (Å²) in [7, 11) is 0. The number of hydrogen-bond acceptors (Lipinski definition) is 2. The second-order valence-electron chi connectivity index (χ2n) is 6.19. The second-order valence-corrected chi connectivity index (χ2v) is 6.19. The summed E-state index contributed by atoms with van der Waals surface area (Å²) < 4.78 is 2.37. The van der Waals surface area contributed by atoms with Gasteiger partial charge in [-0.2, -0.15) is 0 Å². The van der Waals surface area contributed by atoms with Crippen molar-refractivity contribution in [3.05, 3.63) is 29.1 Å². The first-order chi connectivity index (χ1) is 10.0. The van der Waals surface area contributed by atoms with Crippen LogP contribution >= 0.6 is 0 Å². The average Bonchev–Trinajstić information content (AvgIpc) is 2.79. The molecule has 3 heteroatoms. The molecule has 21 heavy (non-hydrogen) atoms. The number of fused-ring (bicyclic) bond motifs is 1. The van der Waals surface area contributed by atoms with Crippen molar-refractivity contribution in [1.29, 1.82) is 0 Å². The lowest BCUT2D eigenvalue weighted by Crippen LogP contribution is -2.26. The molecule has 0 fully saturated rings. The molecule has 0 saturated heterocycles. The van der Waals surface area contributed by atoms with Gasteiger partial charge in [-0.3, -0.25) is 0 Å². The van der Waals surface area contributed by atoms with Crippen LogP contribution in [0.2, 0.25) is 0 Å². The van der Waals surface area contributed by atoms with Crippen LogP contribution in [0.25, 0.3) is 11.0 Å². The molecule has 3 nitrogen and oxygen atoms in total. The molecule has 1 heterocycles. The maximum atomic E-state index is 6.23. The van der Waals surface area contributed by atoms with Gasteiger partial charge in [-0.1, -0.05) is 20.8 Å². The number of imidazole rings is 1. The van der Waals surface area contributed by atoms with Crippen LogP contribution in [0.15, 0.2) is 12.1 Å². The Hall–Kier alpha value is -1.35. The van der Waals surface area contributed by atoms with Crippen LogP contribution < -0.4 is 5.73 Å². The third kappa shape index (κ3) is 3.13. The molecule has 1 aromatic carbocycles. The fourth-order valence-electron chi connectivity index (χ4n) is 2.92. The third-order valence-electron chi connectivity index (χ3n) is 4.69. The first-order valence-electron chi connectivity index (χ1n) is 8.24. The molecule has 0 bridgehead atoms. The van der Waals surface area contributed by atoms with E-state index in [1.54, 1.807) is 0 Å². The van der Waals surface area contributed by atoms with Gasteiger partial charge >= 0.3 is 0 Å². The fraction of sp³-hybridized carbons (Fsp3) is 0.611. The summed E-state index contributed by atoms with van der Waals surface area (Å²) in [5.41, 5.74) is 11.2. The molecule has 0 saturated carbocycles. The molecule has 0 spiro atoms. The quantitative estimate of drug-likeness (QED) is 0.861. The van der Waals surface area contributed by atoms with Crippen LogP contribution in [0, 0.1) is 13.8 Å². The number of aromatic nitrogens is 2. The fourth-order valence-corrected chi connectivity index (χ4v) is 2.92. The van der Waals surface area contributed by atoms with Gasteiger partial charge in [0.1, 0.15) is 5.82 Å². The lowest BCUT2D eigenvalue weighted by molar-refractivity contribution is 0.498. The highest BCUT2D eigenvalue weighted by atomic mass is 15.1. The number of rotatable bonds is 6. The van der Waals surface area contributed by atoms with Crippen LogP contribution in [-0.2, 0) is 6.54 Å². The van der Waals surface area contributed by atoms with Crippen LogP contribution in [0.5, 0.6) is 0 Å². The van der Waals surface area contributed by atoms with Gasteiger partial charge in [0.15, 0.2) is 0 Å². The zero-order valence-electron chi connectivity index (χ0n) is 14.1. The maximum Gasteiger partial charge on any atom is 0.113 e. The largest absolute Gasteiger partial charge is 0.326 e. The van der Waals surface area contributed by atoms with Crippen molar-refractivity contribution in [2.45, 2.75) is 72.4 Å². The Morgan fingerprint density at radius 1 is 1.05 bits per heavy atom. The lowest BCUT2D eigenvalue weighted by Gasteiger charge is -2.18. The number of aryl methyl sites for hydroxylation is 2. The van der Waals surface area contributed by atoms with Gasteiger partial charge in [-0.15, -0.1) is 0 Å². The van der Waals surface area contributed by atoms with Crippen molar-refractivity contribution in [3.8, 4) is 0 Å². The molecule has 0 aliphatic heterocycles. The maximum absolute atomic E-state index is 6.23. The Kier molecular flexibility index (Phi) is 5.04. The molecular formula is C18H29N3. The van der Waals surface area contributed by atoms with E-state index >= 15 is 0 Å². The Morgan fingerprint density at radius 2 is 1.67 bits per heavy atom. The number of nitrogens with two attached hydrogens (primary N) is 1. The van der Waals surface area contributed by atoms with Gasteiger partial charge in [0.05, 0.1) is 11.0 Å². The average molecular weight is 287 g/mol. The second kappa shape index (κ2) is 6.61. The summed E-state index contributed by atoms with van der Waals surface area (Å²) in [6.07, 6.45) is 3.24. The van der Waals surface area contributed by atoms with Gasteiger partial charge in [0.2, 0.25) is 0 Å². The van der Waals surface area contributed by atoms with E-state index in [4.69, 9.17) is 10.7 Å². The molecule has 0 radical (unpaired) electrons. The highest BCUT2D eigenvalue weighted by molar-refractivity contribution is 5.78. The van der Waals surface area contributed by atoms with Crippen LogP contribution in [0.3, 0.4) is 0 Å². The van der Waals surface area contributed by atoms with E-state index in [0.717, 1.165) is 31.3 Å². The summed E-state index contributed by atoms with van der Waals surface area (Å²) in [6, 6.07) is 4.67. The highest BCUT2D eigenvalue weighted by Crippen LogP contribution is 2.28. The van der Waals surface area contributed by atoms with E-state index in [2.05, 4.69) is 51.3 Å². The Bertz CT molecular complexity index is 608. The molecule has 2 N–H and O–H groups in total. The molecule has 1 aromatic heterocycles. The predicted molar refractivity (Wildman–Crippen MR) is 90.8 cm³/mol. The van der Waals surface area contributed by atoms with Crippen LogP contribution in [-0.4, -0.2) is 15.6 Å². The summed E-state index contributed by atoms with van der Waals surface area (Å²) in [4.78, 5) is 4.95. The Morgan fingerprint density at radius 3 is 2.24 bits per heavy atom. The zero-order chi connectivity index (χ0) is 15.6. The van der Waals surface area contributed by atoms with Crippen molar-refractivity contribution in [1.82, 2.24) is 9.55 Å². The zero-order valence-corrected chi connectivity index (χ0v) is 14.1. The molecule has 2 rings (SSSR count). The summed E-state index contributed by atoms with van der Waals surface area (Å²) in [5, 5.41) is 0. The van der Waals surface area contributed by atoms with Crippen molar-refractivity contribution >= 4 is 11.0 Å². The summed E-state index contributed by atoms with van der Waals surface area (Å²) >= 11 is 0. The predicted octanol–water partition coefficient (Wildman–Crippen LogP) is 4.29. The molecule has 0 aliphatic rings. The minimum absolute atomic E-state index is 0.192. The standard InChI is InChI=1S/C18H29N3/c1-6-14(7-2)18-20-16-9-12(4)13(5)10-17(16)21(18)11-15(19)8-3/h9-10,14-15H,6-8,11,19H2,1-5H3. The van der Waals surface area contributed by atoms with Gasteiger partial charge in [0, 0.05) is 18.5 Å². The molecule has 0 aliphatic carbocycles. The minimum atomic E-state index is 0.192. The summed E-state index contributed by atoms with van der Waals surface area (Å²) in [6.45, 7) is 11.8. The van der Waals surface area contributed by atoms with Gasteiger partial charge in [-0.25, -0.2) is 4.98 Å². The molecule has 116 valence electrons. The highest BCUT2D eigenvalue weighted by Gasteiger charge is 2.19. The topological polar surface area (TPSA) is 43.8 Å². The van der Waals surface area contributed by atoms with Crippen LogP contribution in [0.1, 0.15) is 62.9 Å². The first kappa shape index (κ1) is 16.0. The Labute approximate surface area is 128 Å². The van der Waals surface area contributed by atoms with Gasteiger partial charge in [0.25, 0.3) is 0 Å². The van der Waals surface area contributed by atoms with Crippen LogP contribution in [0.4, 0.5) is 0 Å². The van der Waals surface area contributed by atoms with E-state index in [0.29, 0.717) is 5.92 Å². The lowest BCUT2D eigenvalue weighted by atomic mass is 10.0. The van der Waals surface area contributed by atoms with Gasteiger partial charge in [-0.05, 0) is 56.4 Å². The Balaban J connectivity index is 2.62. The monoisotopic (exact) mass is 287 g/mol. The molecule has 0 amide bonds. The molecular weight excluding hydrogens is 258 g/mol. The van der Waals surface area contributed by atoms with E-state index in [1.165, 1.54) is 22.5 Å². The van der Waals surface area contributed by atoms with Crippen molar-refractivity contribution in [2.75, 3.05) is 0 Å². The third-order valence-corrected chi connectivity index (χ3v) is 4.69. The van der Waals surface area contributed by atoms with Gasteiger partial charge < -0.3 is 10.3 Å². The normalized spacial score (nSPS) is 13.3. The van der Waals surface area contributed by atoms with E-state index in [1.807, 2.05) is 0 Å². The number of nitrogens with zero attached hydrogens (tertiary/aromatic N) is 2. The minimum Gasteiger partial charge on any atom is -0.326 e. The molecule has 1 unspecified atom stereocenters. The molecule has 1 atom stereocenters. The van der Waals surface area contributed by atoms with Crippen molar-refractivity contribution in [2.24, 2.45) is 5.73 Å². The van der Waals surface area contributed by atoms with E-state index < -0.39 is 0 Å². The van der Waals surface area contributed by atoms with Crippen molar-refractivity contribution < 1.29 is 0 Å². The van der Waals surface area contributed by atoms with Crippen molar-refractivity contribution in [3.63, 3.8) is 0 Å². The SMILES string of the molecule is CCC(N)Cn1c(C(CC)CC)nc2cc(C)c(C)cc21. The first-order valence-corrected chi connectivity index (χ1v) is 8.24.